The van der Waals surface area contributed by atoms with Crippen LogP contribution in [-0.4, -0.2) is 41.6 Å². The van der Waals surface area contributed by atoms with Crippen molar-refractivity contribution < 1.29 is 14.4 Å². The van der Waals surface area contributed by atoms with E-state index < -0.39 is 6.04 Å². The van der Waals surface area contributed by atoms with Gasteiger partial charge < -0.3 is 0 Å². The second-order valence-electron chi connectivity index (χ2n) is 5.48. The lowest BCUT2D eigenvalue weighted by atomic mass is 10.0. The molecule has 0 saturated carbocycles. The summed E-state index contributed by atoms with van der Waals surface area (Å²) in [6.07, 6.45) is 0.569. The van der Waals surface area contributed by atoms with Crippen LogP contribution in [0.3, 0.4) is 0 Å². The van der Waals surface area contributed by atoms with Crippen LogP contribution in [0.5, 0.6) is 0 Å². The summed E-state index contributed by atoms with van der Waals surface area (Å²) in [5.74, 6) is -0.728. The van der Waals surface area contributed by atoms with Crippen molar-refractivity contribution in [1.29, 1.82) is 0 Å². The number of piperazine rings is 1. The molecule has 1 aliphatic heterocycles. The largest absolute Gasteiger partial charge is 0.294 e. The fourth-order valence-electron chi connectivity index (χ4n) is 2.73. The van der Waals surface area contributed by atoms with E-state index in [2.05, 4.69) is 5.32 Å². The Kier molecular flexibility index (Phi) is 4.53. The third-order valence-electron chi connectivity index (χ3n) is 3.77. The summed E-state index contributed by atoms with van der Waals surface area (Å²) in [6.45, 7) is 5.91. The Balaban J connectivity index is 2.17. The number of imide groups is 1. The Morgan fingerprint density at radius 3 is 2.67 bits per heavy atom. The Hall–Kier alpha value is -2.01. The van der Waals surface area contributed by atoms with E-state index in [9.17, 15) is 14.4 Å². The minimum atomic E-state index is -0.419. The molecule has 0 aliphatic carbocycles. The van der Waals surface area contributed by atoms with Gasteiger partial charge in [0.2, 0.25) is 11.8 Å². The van der Waals surface area contributed by atoms with Crippen molar-refractivity contribution in [3.05, 3.63) is 34.9 Å². The second-order valence-corrected chi connectivity index (χ2v) is 5.48. The molecule has 1 aliphatic rings. The summed E-state index contributed by atoms with van der Waals surface area (Å²) in [4.78, 5) is 37.4. The van der Waals surface area contributed by atoms with Gasteiger partial charge in [0, 0.05) is 5.56 Å². The van der Waals surface area contributed by atoms with Gasteiger partial charge in [-0.25, -0.2) is 0 Å². The van der Waals surface area contributed by atoms with Gasteiger partial charge in [-0.3, -0.25) is 24.6 Å². The molecule has 1 fully saturated rings. The number of carbonyl (C=O) groups is 3. The van der Waals surface area contributed by atoms with Crippen molar-refractivity contribution in [3.63, 3.8) is 0 Å². The fraction of sp³-hybridized carbons (Fsp3) is 0.438. The molecule has 2 rings (SSSR count). The number of Topliss-reactive ketones (excluding diaryl/α,β-unsaturated/α-hetero) is 1. The number of nitrogens with one attached hydrogen (secondary N) is 1. The van der Waals surface area contributed by atoms with Gasteiger partial charge in [-0.2, -0.15) is 0 Å². The van der Waals surface area contributed by atoms with E-state index in [-0.39, 0.29) is 30.7 Å². The number of ketones is 1. The van der Waals surface area contributed by atoms with Crippen LogP contribution < -0.4 is 5.32 Å². The maximum absolute atomic E-state index is 12.4. The molecule has 1 N–H and O–H groups in total. The number of rotatable bonds is 4. The summed E-state index contributed by atoms with van der Waals surface area (Å²) in [7, 11) is 0. The highest BCUT2D eigenvalue weighted by Gasteiger charge is 2.33. The minimum Gasteiger partial charge on any atom is -0.294 e. The Morgan fingerprint density at radius 2 is 2.05 bits per heavy atom. The van der Waals surface area contributed by atoms with E-state index in [0.29, 0.717) is 12.0 Å². The molecule has 0 aromatic heterocycles. The van der Waals surface area contributed by atoms with Crippen LogP contribution >= 0.6 is 0 Å². The fourth-order valence-corrected chi connectivity index (χ4v) is 2.73. The lowest BCUT2D eigenvalue weighted by Gasteiger charge is -2.32. The molecule has 1 heterocycles. The van der Waals surface area contributed by atoms with Crippen molar-refractivity contribution >= 4 is 17.6 Å². The second kappa shape index (κ2) is 6.18. The van der Waals surface area contributed by atoms with Gasteiger partial charge in [0.1, 0.15) is 0 Å². The van der Waals surface area contributed by atoms with Gasteiger partial charge in [0.25, 0.3) is 0 Å². The van der Waals surface area contributed by atoms with Crippen molar-refractivity contribution in [1.82, 2.24) is 10.2 Å². The van der Waals surface area contributed by atoms with Gasteiger partial charge in [-0.15, -0.1) is 0 Å². The first-order valence-electron chi connectivity index (χ1n) is 7.10. The normalized spacial score (nSPS) is 19.5. The monoisotopic (exact) mass is 288 g/mol. The van der Waals surface area contributed by atoms with Crippen LogP contribution in [0.15, 0.2) is 18.2 Å². The van der Waals surface area contributed by atoms with Gasteiger partial charge in [0.05, 0.1) is 19.1 Å². The number of amides is 2. The lowest BCUT2D eigenvalue weighted by Crippen LogP contribution is -2.58. The van der Waals surface area contributed by atoms with Gasteiger partial charge in [-0.05, 0) is 25.8 Å². The van der Waals surface area contributed by atoms with E-state index in [4.69, 9.17) is 0 Å². The summed E-state index contributed by atoms with van der Waals surface area (Å²) in [5.41, 5.74) is 2.66. The Bertz CT molecular complexity index is 595. The summed E-state index contributed by atoms with van der Waals surface area (Å²) in [6, 6.07) is 5.24. The van der Waals surface area contributed by atoms with Gasteiger partial charge in [0.15, 0.2) is 5.78 Å². The molecule has 0 bridgehead atoms. The molecule has 21 heavy (non-hydrogen) atoms. The molecular weight excluding hydrogens is 268 g/mol. The molecule has 1 atom stereocenters. The first kappa shape index (κ1) is 15.4. The highest BCUT2D eigenvalue weighted by Crippen LogP contribution is 2.15. The highest BCUT2D eigenvalue weighted by atomic mass is 16.2. The van der Waals surface area contributed by atoms with Crippen LogP contribution in [0.25, 0.3) is 0 Å². The zero-order valence-corrected chi connectivity index (χ0v) is 12.6. The minimum absolute atomic E-state index is 0.0616. The van der Waals surface area contributed by atoms with Crippen LogP contribution in [0, 0.1) is 13.8 Å². The molecule has 1 aromatic rings. The molecular formula is C16H20N2O3. The third-order valence-corrected chi connectivity index (χ3v) is 3.77. The number of hydrogen-bond donors (Lipinski definition) is 1. The van der Waals surface area contributed by atoms with Crippen LogP contribution in [0.1, 0.15) is 34.8 Å². The maximum atomic E-state index is 12.4. The molecule has 5 heteroatoms. The maximum Gasteiger partial charge on any atom is 0.243 e. The van der Waals surface area contributed by atoms with E-state index in [1.807, 2.05) is 32.9 Å². The number of carbonyl (C=O) groups excluding carboxylic acids is 3. The van der Waals surface area contributed by atoms with Crippen molar-refractivity contribution in [3.8, 4) is 0 Å². The van der Waals surface area contributed by atoms with Crippen LogP contribution in [0.2, 0.25) is 0 Å². The third kappa shape index (κ3) is 3.36. The number of hydrogen-bond acceptors (Lipinski definition) is 4. The molecule has 0 spiro atoms. The van der Waals surface area contributed by atoms with Crippen LogP contribution in [-0.2, 0) is 9.59 Å². The Labute approximate surface area is 124 Å². The van der Waals surface area contributed by atoms with E-state index >= 15 is 0 Å². The topological polar surface area (TPSA) is 66.5 Å². The average Bonchev–Trinajstić information content (AvgIpc) is 2.37. The van der Waals surface area contributed by atoms with Crippen molar-refractivity contribution in [2.24, 2.45) is 0 Å². The molecule has 1 saturated heterocycles. The Morgan fingerprint density at radius 1 is 1.33 bits per heavy atom. The first-order chi connectivity index (χ1) is 9.92. The number of aryl methyl sites for hydroxylation is 2. The number of nitrogens with zero attached hydrogens (tertiary/aromatic N) is 1. The molecule has 1 unspecified atom stereocenters. The standard InChI is InChI=1S/C16H20N2O3/c1-4-13-16(21)17-15(20)9-18(13)8-14(19)12-6-5-10(2)7-11(12)3/h5-7,13H,4,8-9H2,1-3H3,(H,17,20,21). The van der Waals surface area contributed by atoms with E-state index in [0.717, 1.165) is 11.1 Å². The average molecular weight is 288 g/mol. The zero-order valence-electron chi connectivity index (χ0n) is 12.6. The van der Waals surface area contributed by atoms with Crippen LogP contribution in [0.4, 0.5) is 0 Å². The summed E-state index contributed by atoms with van der Waals surface area (Å²) in [5, 5.41) is 2.31. The molecule has 0 radical (unpaired) electrons. The molecule has 2 amide bonds. The quantitative estimate of drug-likeness (QED) is 0.668. The molecule has 112 valence electrons. The van der Waals surface area contributed by atoms with Gasteiger partial charge in [-0.1, -0.05) is 30.7 Å². The van der Waals surface area contributed by atoms with Crippen molar-refractivity contribution in [2.45, 2.75) is 33.2 Å². The van der Waals surface area contributed by atoms with E-state index in [1.54, 1.807) is 11.0 Å². The van der Waals surface area contributed by atoms with Crippen molar-refractivity contribution in [2.75, 3.05) is 13.1 Å². The summed E-state index contributed by atoms with van der Waals surface area (Å²) < 4.78 is 0. The predicted molar refractivity (Wildman–Crippen MR) is 79.0 cm³/mol. The SMILES string of the molecule is CCC1C(=O)NC(=O)CN1CC(=O)c1ccc(C)cc1C. The highest BCUT2D eigenvalue weighted by molar-refractivity contribution is 6.03. The lowest BCUT2D eigenvalue weighted by molar-refractivity contribution is -0.139. The van der Waals surface area contributed by atoms with Gasteiger partial charge >= 0.3 is 0 Å². The first-order valence-corrected chi connectivity index (χ1v) is 7.10. The molecule has 5 nitrogen and oxygen atoms in total. The number of benzene rings is 1. The smallest absolute Gasteiger partial charge is 0.243 e. The zero-order chi connectivity index (χ0) is 15.6. The summed E-state index contributed by atoms with van der Waals surface area (Å²) >= 11 is 0. The predicted octanol–water partition coefficient (Wildman–Crippen LogP) is 1.22. The molecule has 1 aromatic carbocycles. The van der Waals surface area contributed by atoms with E-state index in [1.165, 1.54) is 0 Å².